The maximum absolute atomic E-state index is 12.5. The number of nitrogens with zero attached hydrogens (tertiary/aromatic N) is 2. The van der Waals surface area contributed by atoms with Crippen molar-refractivity contribution in [3.8, 4) is 0 Å². The second-order valence-electron chi connectivity index (χ2n) is 5.78. The number of amides is 1. The Morgan fingerprint density at radius 3 is 2.65 bits per heavy atom. The molecule has 1 saturated heterocycles. The Kier molecular flexibility index (Phi) is 5.01. The molecule has 20 heavy (non-hydrogen) atoms. The molecule has 1 aliphatic rings. The van der Waals surface area contributed by atoms with Gasteiger partial charge in [-0.2, -0.15) is 0 Å². The van der Waals surface area contributed by atoms with E-state index < -0.39 is 0 Å². The third-order valence-corrected chi connectivity index (χ3v) is 4.01. The van der Waals surface area contributed by atoms with Crippen LogP contribution in [0.15, 0.2) is 24.3 Å². The maximum atomic E-state index is 12.5. The Hall–Kier alpha value is -1.55. The summed E-state index contributed by atoms with van der Waals surface area (Å²) in [6.07, 6.45) is 3.30. The highest BCUT2D eigenvalue weighted by Gasteiger charge is 2.23. The summed E-state index contributed by atoms with van der Waals surface area (Å²) in [6.45, 7) is 2.44. The monoisotopic (exact) mass is 275 g/mol. The molecule has 4 heteroatoms. The van der Waals surface area contributed by atoms with Crippen LogP contribution in [0.5, 0.6) is 0 Å². The van der Waals surface area contributed by atoms with Crippen LogP contribution in [0.4, 0.5) is 5.69 Å². The molecule has 0 saturated carbocycles. The molecule has 110 valence electrons. The van der Waals surface area contributed by atoms with Gasteiger partial charge >= 0.3 is 0 Å². The van der Waals surface area contributed by atoms with E-state index in [0.29, 0.717) is 12.5 Å². The van der Waals surface area contributed by atoms with Gasteiger partial charge in [0.05, 0.1) is 0 Å². The molecule has 1 fully saturated rings. The molecule has 2 N–H and O–H groups in total. The van der Waals surface area contributed by atoms with Crippen molar-refractivity contribution in [3.05, 3.63) is 29.8 Å². The van der Waals surface area contributed by atoms with E-state index in [1.165, 1.54) is 6.42 Å². The largest absolute Gasteiger partial charge is 0.378 e. The Morgan fingerprint density at radius 1 is 1.35 bits per heavy atom. The summed E-state index contributed by atoms with van der Waals surface area (Å²) in [5.41, 5.74) is 7.52. The summed E-state index contributed by atoms with van der Waals surface area (Å²) in [5.74, 6) is 0.718. The number of carbonyl (C=O) groups excluding carboxylic acids is 1. The minimum absolute atomic E-state index is 0.150. The number of anilines is 1. The van der Waals surface area contributed by atoms with E-state index in [-0.39, 0.29) is 5.91 Å². The SMILES string of the molecule is CN(C)c1ccc(C(=O)N2CCCC(CCN)C2)cc1. The third kappa shape index (κ3) is 3.51. The highest BCUT2D eigenvalue weighted by atomic mass is 16.2. The number of hydrogen-bond donors (Lipinski definition) is 1. The van der Waals surface area contributed by atoms with Gasteiger partial charge in [-0.25, -0.2) is 0 Å². The van der Waals surface area contributed by atoms with E-state index in [2.05, 4.69) is 0 Å². The fraction of sp³-hybridized carbons (Fsp3) is 0.562. The first kappa shape index (κ1) is 14.9. The van der Waals surface area contributed by atoms with Crippen molar-refractivity contribution in [1.29, 1.82) is 0 Å². The number of hydrogen-bond acceptors (Lipinski definition) is 3. The molecule has 1 unspecified atom stereocenters. The van der Waals surface area contributed by atoms with Crippen LogP contribution in [-0.2, 0) is 0 Å². The second kappa shape index (κ2) is 6.75. The number of piperidine rings is 1. The minimum Gasteiger partial charge on any atom is -0.378 e. The average Bonchev–Trinajstić information content (AvgIpc) is 2.47. The normalized spacial score (nSPS) is 18.9. The molecule has 0 bridgehead atoms. The van der Waals surface area contributed by atoms with Crippen LogP contribution in [0.1, 0.15) is 29.6 Å². The molecule has 2 rings (SSSR count). The molecule has 0 radical (unpaired) electrons. The van der Waals surface area contributed by atoms with Crippen LogP contribution in [0, 0.1) is 5.92 Å². The lowest BCUT2D eigenvalue weighted by atomic mass is 9.94. The number of carbonyl (C=O) groups is 1. The average molecular weight is 275 g/mol. The molecular formula is C16H25N3O. The Labute approximate surface area is 121 Å². The summed E-state index contributed by atoms with van der Waals surface area (Å²) in [6, 6.07) is 7.83. The smallest absolute Gasteiger partial charge is 0.253 e. The van der Waals surface area contributed by atoms with Crippen molar-refractivity contribution in [2.75, 3.05) is 38.6 Å². The molecule has 1 heterocycles. The van der Waals surface area contributed by atoms with Crippen LogP contribution >= 0.6 is 0 Å². The summed E-state index contributed by atoms with van der Waals surface area (Å²) in [5, 5.41) is 0. The van der Waals surface area contributed by atoms with Crippen LogP contribution in [0.2, 0.25) is 0 Å². The Morgan fingerprint density at radius 2 is 2.05 bits per heavy atom. The van der Waals surface area contributed by atoms with Gasteiger partial charge in [0.2, 0.25) is 0 Å². The van der Waals surface area contributed by atoms with Gasteiger partial charge in [-0.15, -0.1) is 0 Å². The van der Waals surface area contributed by atoms with Gasteiger partial charge in [0, 0.05) is 38.4 Å². The Balaban J connectivity index is 2.02. The number of nitrogens with two attached hydrogens (primary N) is 1. The first-order valence-electron chi connectivity index (χ1n) is 7.38. The first-order valence-corrected chi connectivity index (χ1v) is 7.38. The zero-order valence-corrected chi connectivity index (χ0v) is 12.5. The standard InChI is InChI=1S/C16H25N3O/c1-18(2)15-7-5-14(6-8-15)16(20)19-11-3-4-13(12-19)9-10-17/h5-8,13H,3-4,9-12,17H2,1-2H3. The van der Waals surface area contributed by atoms with Crippen LogP contribution in [0.25, 0.3) is 0 Å². The van der Waals surface area contributed by atoms with E-state index >= 15 is 0 Å². The van der Waals surface area contributed by atoms with Gasteiger partial charge in [-0.05, 0) is 56.0 Å². The fourth-order valence-electron chi connectivity index (χ4n) is 2.81. The lowest BCUT2D eigenvalue weighted by molar-refractivity contribution is 0.0669. The van der Waals surface area contributed by atoms with Crippen LogP contribution in [0.3, 0.4) is 0 Å². The molecule has 1 aromatic rings. The zero-order chi connectivity index (χ0) is 14.5. The van der Waals surface area contributed by atoms with E-state index in [1.54, 1.807) is 0 Å². The predicted molar refractivity (Wildman–Crippen MR) is 83.1 cm³/mol. The van der Waals surface area contributed by atoms with Gasteiger partial charge in [0.1, 0.15) is 0 Å². The lowest BCUT2D eigenvalue weighted by Gasteiger charge is -2.32. The quantitative estimate of drug-likeness (QED) is 0.914. The molecule has 4 nitrogen and oxygen atoms in total. The van der Waals surface area contributed by atoms with Crippen molar-refractivity contribution in [2.45, 2.75) is 19.3 Å². The summed E-state index contributed by atoms with van der Waals surface area (Å²) < 4.78 is 0. The molecule has 1 aliphatic heterocycles. The number of benzene rings is 1. The van der Waals surface area contributed by atoms with Gasteiger partial charge in [-0.3, -0.25) is 4.79 Å². The molecule has 1 amide bonds. The van der Waals surface area contributed by atoms with Crippen molar-refractivity contribution >= 4 is 11.6 Å². The highest BCUT2D eigenvalue weighted by molar-refractivity contribution is 5.94. The lowest BCUT2D eigenvalue weighted by Crippen LogP contribution is -2.40. The second-order valence-corrected chi connectivity index (χ2v) is 5.78. The molecule has 1 aromatic carbocycles. The summed E-state index contributed by atoms with van der Waals surface area (Å²) >= 11 is 0. The molecule has 0 spiro atoms. The van der Waals surface area contributed by atoms with Gasteiger partial charge < -0.3 is 15.5 Å². The fourth-order valence-corrected chi connectivity index (χ4v) is 2.81. The molecular weight excluding hydrogens is 250 g/mol. The van der Waals surface area contributed by atoms with E-state index in [9.17, 15) is 4.79 Å². The maximum Gasteiger partial charge on any atom is 0.253 e. The van der Waals surface area contributed by atoms with Crippen LogP contribution in [-0.4, -0.2) is 44.5 Å². The predicted octanol–water partition coefficient (Wildman–Crippen LogP) is 1.95. The molecule has 1 atom stereocenters. The van der Waals surface area contributed by atoms with E-state index in [1.807, 2.05) is 48.2 Å². The van der Waals surface area contributed by atoms with Gasteiger partial charge in [0.15, 0.2) is 0 Å². The third-order valence-electron chi connectivity index (χ3n) is 4.01. The van der Waals surface area contributed by atoms with Crippen LogP contribution < -0.4 is 10.6 Å². The van der Waals surface area contributed by atoms with Crippen molar-refractivity contribution in [1.82, 2.24) is 4.90 Å². The minimum atomic E-state index is 0.150. The Bertz CT molecular complexity index is 440. The number of likely N-dealkylation sites (tertiary alicyclic amines) is 1. The van der Waals surface area contributed by atoms with E-state index in [4.69, 9.17) is 5.73 Å². The topological polar surface area (TPSA) is 49.6 Å². The van der Waals surface area contributed by atoms with Crippen molar-refractivity contribution in [2.24, 2.45) is 11.7 Å². The van der Waals surface area contributed by atoms with Crippen molar-refractivity contribution in [3.63, 3.8) is 0 Å². The van der Waals surface area contributed by atoms with Crippen molar-refractivity contribution < 1.29 is 4.79 Å². The summed E-state index contributed by atoms with van der Waals surface area (Å²) in [4.78, 5) is 16.5. The highest BCUT2D eigenvalue weighted by Crippen LogP contribution is 2.21. The zero-order valence-electron chi connectivity index (χ0n) is 12.5. The van der Waals surface area contributed by atoms with E-state index in [0.717, 1.165) is 37.2 Å². The molecule has 0 aromatic heterocycles. The van der Waals surface area contributed by atoms with Gasteiger partial charge in [0.25, 0.3) is 5.91 Å². The number of rotatable bonds is 4. The molecule has 0 aliphatic carbocycles. The first-order chi connectivity index (χ1) is 9.61. The van der Waals surface area contributed by atoms with Gasteiger partial charge in [-0.1, -0.05) is 0 Å². The summed E-state index contributed by atoms with van der Waals surface area (Å²) in [7, 11) is 4.00.